The summed E-state index contributed by atoms with van der Waals surface area (Å²) in [5.41, 5.74) is 0. The van der Waals surface area contributed by atoms with Crippen molar-refractivity contribution in [3.8, 4) is 0 Å². The van der Waals surface area contributed by atoms with E-state index < -0.39 is 0 Å². The van der Waals surface area contributed by atoms with Crippen LogP contribution in [-0.4, -0.2) is 44.2 Å². The van der Waals surface area contributed by atoms with Crippen LogP contribution >= 0.6 is 0 Å². The Morgan fingerprint density at radius 2 is 2.08 bits per heavy atom. The Balaban J connectivity index is 0. The van der Waals surface area contributed by atoms with Crippen LogP contribution in [0.4, 0.5) is 0 Å². The van der Waals surface area contributed by atoms with Crippen molar-refractivity contribution in [1.29, 1.82) is 0 Å². The molecule has 0 aromatic carbocycles. The fourth-order valence-electron chi connectivity index (χ4n) is 0.610. The maximum atomic E-state index is 10.6. The van der Waals surface area contributed by atoms with Gasteiger partial charge in [-0.25, -0.2) is 4.79 Å². The van der Waals surface area contributed by atoms with Crippen molar-refractivity contribution in [2.45, 2.75) is 6.92 Å². The number of nitrogens with zero attached hydrogens (tertiary/aromatic N) is 1. The normalized spacial score (nSPS) is 10.1. The molecule has 0 amide bonds. The van der Waals surface area contributed by atoms with Gasteiger partial charge in [0, 0.05) is 6.08 Å². The Bertz CT molecular complexity index is 169. The molecule has 0 aromatic heterocycles. The Hall–Kier alpha value is -0.100. The molecular weight excluding hydrogens is 281 g/mol. The smallest absolute Gasteiger partial charge is 0.330 e. The highest BCUT2D eigenvalue weighted by Crippen LogP contribution is 1.95. The standard InChI is InChI=1S/C9H18NO2.HI/c1-5-9(11)12-8-7-10(3,4)6-2;/h5H,1,6-8H2,2-4H3;1H/q+1;/p-1. The van der Waals surface area contributed by atoms with E-state index in [1.165, 1.54) is 6.08 Å². The molecule has 0 radical (unpaired) electrons. The minimum Gasteiger partial charge on any atom is -1.00 e. The third-order valence-electron chi connectivity index (χ3n) is 1.96. The summed E-state index contributed by atoms with van der Waals surface area (Å²) >= 11 is 0. The molecule has 0 fully saturated rings. The number of carbonyl (C=O) groups is 1. The number of ether oxygens (including phenoxy) is 1. The molecule has 0 aliphatic rings. The summed E-state index contributed by atoms with van der Waals surface area (Å²) in [4.78, 5) is 10.6. The van der Waals surface area contributed by atoms with Crippen LogP contribution in [0.15, 0.2) is 12.7 Å². The molecule has 0 heterocycles. The number of rotatable bonds is 5. The van der Waals surface area contributed by atoms with E-state index in [0.29, 0.717) is 6.61 Å². The molecule has 0 atom stereocenters. The predicted molar refractivity (Wildman–Crippen MR) is 48.7 cm³/mol. The zero-order valence-electron chi connectivity index (χ0n) is 8.55. The summed E-state index contributed by atoms with van der Waals surface area (Å²) in [5.74, 6) is -0.342. The van der Waals surface area contributed by atoms with Gasteiger partial charge in [-0.2, -0.15) is 0 Å². The molecule has 0 rings (SSSR count). The number of hydrogen-bond donors (Lipinski definition) is 0. The molecule has 0 saturated carbocycles. The maximum Gasteiger partial charge on any atom is 0.330 e. The van der Waals surface area contributed by atoms with Crippen molar-refractivity contribution in [3.63, 3.8) is 0 Å². The van der Waals surface area contributed by atoms with Crippen molar-refractivity contribution >= 4 is 5.97 Å². The van der Waals surface area contributed by atoms with Crippen LogP contribution in [0.2, 0.25) is 0 Å². The first kappa shape index (κ1) is 15.4. The second-order valence-electron chi connectivity index (χ2n) is 3.35. The van der Waals surface area contributed by atoms with Gasteiger partial charge in [0.05, 0.1) is 20.6 Å². The van der Waals surface area contributed by atoms with Gasteiger partial charge in [-0.15, -0.1) is 0 Å². The SMILES string of the molecule is C=CC(=O)OCC[N+](C)(C)CC.[I-]. The molecule has 0 unspecified atom stereocenters. The summed E-state index contributed by atoms with van der Waals surface area (Å²) in [7, 11) is 4.20. The fourth-order valence-corrected chi connectivity index (χ4v) is 0.610. The molecule has 0 bridgehead atoms. The van der Waals surface area contributed by atoms with Crippen LogP contribution in [0.25, 0.3) is 0 Å². The molecule has 0 aliphatic heterocycles. The van der Waals surface area contributed by atoms with Gasteiger partial charge in [0.2, 0.25) is 0 Å². The van der Waals surface area contributed by atoms with Crippen LogP contribution in [0.1, 0.15) is 6.92 Å². The Labute approximate surface area is 97.4 Å². The Kier molecular flexibility index (Phi) is 8.65. The molecule has 0 spiro atoms. The zero-order valence-corrected chi connectivity index (χ0v) is 10.7. The predicted octanol–water partition coefficient (Wildman–Crippen LogP) is -2.18. The van der Waals surface area contributed by atoms with Gasteiger partial charge in [0.25, 0.3) is 0 Å². The lowest BCUT2D eigenvalue weighted by Crippen LogP contribution is -3.00. The van der Waals surface area contributed by atoms with Crippen LogP contribution < -0.4 is 24.0 Å². The number of halogens is 1. The first-order chi connectivity index (χ1) is 5.52. The average molecular weight is 299 g/mol. The highest BCUT2D eigenvalue weighted by Gasteiger charge is 2.11. The van der Waals surface area contributed by atoms with Gasteiger partial charge in [-0.1, -0.05) is 6.58 Å². The van der Waals surface area contributed by atoms with E-state index in [1.807, 2.05) is 0 Å². The first-order valence-corrected chi connectivity index (χ1v) is 4.13. The lowest BCUT2D eigenvalue weighted by Gasteiger charge is -2.27. The van der Waals surface area contributed by atoms with E-state index in [9.17, 15) is 4.79 Å². The molecule has 0 N–H and O–H groups in total. The largest absolute Gasteiger partial charge is 1.00 e. The van der Waals surface area contributed by atoms with Crippen LogP contribution in [0, 0.1) is 0 Å². The van der Waals surface area contributed by atoms with E-state index >= 15 is 0 Å². The fraction of sp³-hybridized carbons (Fsp3) is 0.667. The van der Waals surface area contributed by atoms with E-state index in [2.05, 4.69) is 27.6 Å². The third-order valence-corrected chi connectivity index (χ3v) is 1.96. The monoisotopic (exact) mass is 299 g/mol. The van der Waals surface area contributed by atoms with Gasteiger partial charge in [0.15, 0.2) is 0 Å². The van der Waals surface area contributed by atoms with Crippen molar-refractivity contribution < 1.29 is 38.0 Å². The number of likely N-dealkylation sites (N-methyl/N-ethyl adjacent to an activating group) is 1. The number of carbonyl (C=O) groups excluding carboxylic acids is 1. The lowest BCUT2D eigenvalue weighted by molar-refractivity contribution is -0.888. The summed E-state index contributed by atoms with van der Waals surface area (Å²) < 4.78 is 5.72. The summed E-state index contributed by atoms with van der Waals surface area (Å²) in [6, 6.07) is 0. The molecule has 0 aromatic rings. The van der Waals surface area contributed by atoms with Gasteiger partial charge in [0.1, 0.15) is 13.2 Å². The van der Waals surface area contributed by atoms with E-state index in [0.717, 1.165) is 17.6 Å². The number of hydrogen-bond acceptors (Lipinski definition) is 2. The van der Waals surface area contributed by atoms with Crippen molar-refractivity contribution in [2.75, 3.05) is 33.8 Å². The third kappa shape index (κ3) is 8.24. The lowest BCUT2D eigenvalue weighted by atomic mass is 10.4. The molecule has 0 saturated heterocycles. The first-order valence-electron chi connectivity index (χ1n) is 4.13. The maximum absolute atomic E-state index is 10.6. The topological polar surface area (TPSA) is 26.3 Å². The number of quaternary nitrogens is 1. The summed E-state index contributed by atoms with van der Waals surface area (Å²) in [6.07, 6.45) is 1.19. The molecule has 3 nitrogen and oxygen atoms in total. The van der Waals surface area contributed by atoms with Gasteiger partial charge in [-0.3, -0.25) is 0 Å². The van der Waals surface area contributed by atoms with Crippen LogP contribution in [0.3, 0.4) is 0 Å². The second kappa shape index (κ2) is 7.32. The minimum absolute atomic E-state index is 0. The van der Waals surface area contributed by atoms with Crippen molar-refractivity contribution in [1.82, 2.24) is 0 Å². The molecular formula is C9H18INO2. The van der Waals surface area contributed by atoms with Gasteiger partial charge in [-0.05, 0) is 6.92 Å². The average Bonchev–Trinajstić information content (AvgIpc) is 2.04. The van der Waals surface area contributed by atoms with Crippen molar-refractivity contribution in [3.05, 3.63) is 12.7 Å². The summed E-state index contributed by atoms with van der Waals surface area (Å²) in [6.45, 7) is 7.76. The van der Waals surface area contributed by atoms with E-state index in [-0.39, 0.29) is 29.9 Å². The van der Waals surface area contributed by atoms with Gasteiger partial charge < -0.3 is 33.2 Å². The molecule has 13 heavy (non-hydrogen) atoms. The Morgan fingerprint density at radius 1 is 1.54 bits per heavy atom. The van der Waals surface area contributed by atoms with Gasteiger partial charge >= 0.3 is 5.97 Å². The summed E-state index contributed by atoms with van der Waals surface area (Å²) in [5, 5.41) is 0. The minimum atomic E-state index is -0.342. The highest BCUT2D eigenvalue weighted by atomic mass is 127. The van der Waals surface area contributed by atoms with Crippen molar-refractivity contribution in [2.24, 2.45) is 0 Å². The highest BCUT2D eigenvalue weighted by molar-refractivity contribution is 5.81. The quantitative estimate of drug-likeness (QED) is 0.250. The second-order valence-corrected chi connectivity index (χ2v) is 3.35. The van der Waals surface area contributed by atoms with Crippen LogP contribution in [0.5, 0.6) is 0 Å². The van der Waals surface area contributed by atoms with E-state index in [4.69, 9.17) is 4.74 Å². The van der Waals surface area contributed by atoms with E-state index in [1.54, 1.807) is 0 Å². The van der Waals surface area contributed by atoms with Crippen LogP contribution in [-0.2, 0) is 9.53 Å². The zero-order chi connectivity index (χ0) is 9.61. The molecule has 0 aliphatic carbocycles. The molecule has 4 heteroatoms. The molecule has 78 valence electrons. The number of esters is 1. The Morgan fingerprint density at radius 3 is 2.46 bits per heavy atom.